The summed E-state index contributed by atoms with van der Waals surface area (Å²) in [4.78, 5) is 26.2. The molecule has 0 bridgehead atoms. The quantitative estimate of drug-likeness (QED) is 0.346. The van der Waals surface area contributed by atoms with Gasteiger partial charge in [0.2, 0.25) is 0 Å². The number of anilines is 3. The zero-order valence-electron chi connectivity index (χ0n) is 19.8. The van der Waals surface area contributed by atoms with Gasteiger partial charge in [-0.1, -0.05) is 6.07 Å². The molecule has 6 rings (SSSR count). The predicted molar refractivity (Wildman–Crippen MR) is 137 cm³/mol. The number of nitrogens with one attached hydrogen (secondary N) is 2. The number of carbonyl (C=O) groups excluding carboxylic acids is 1. The summed E-state index contributed by atoms with van der Waals surface area (Å²) < 4.78 is 9.86. The molecule has 0 saturated carbocycles. The zero-order chi connectivity index (χ0) is 24.8. The first-order valence-electron chi connectivity index (χ1n) is 11.7. The van der Waals surface area contributed by atoms with Crippen LogP contribution < -0.4 is 16.4 Å². The highest BCUT2D eigenvalue weighted by Crippen LogP contribution is 2.37. The second kappa shape index (κ2) is 8.61. The molecule has 0 radical (unpaired) electrons. The minimum Gasteiger partial charge on any atom is -0.383 e. The summed E-state index contributed by atoms with van der Waals surface area (Å²) in [5, 5.41) is 12.2. The fourth-order valence-electron chi connectivity index (χ4n) is 4.65. The minimum absolute atomic E-state index is 0.197. The van der Waals surface area contributed by atoms with Gasteiger partial charge in [-0.2, -0.15) is 5.10 Å². The first-order chi connectivity index (χ1) is 17.5. The molecular weight excluding hydrogens is 458 g/mol. The van der Waals surface area contributed by atoms with Gasteiger partial charge in [0, 0.05) is 43.1 Å². The summed E-state index contributed by atoms with van der Waals surface area (Å²) >= 11 is 0. The molecule has 1 amide bonds. The molecular formula is C25H25N9O2. The van der Waals surface area contributed by atoms with Crippen LogP contribution >= 0.6 is 0 Å². The Morgan fingerprint density at radius 2 is 2.03 bits per heavy atom. The third kappa shape index (κ3) is 3.79. The van der Waals surface area contributed by atoms with Gasteiger partial charge in [0.05, 0.1) is 16.6 Å². The van der Waals surface area contributed by atoms with E-state index in [1.165, 1.54) is 6.33 Å². The first-order valence-corrected chi connectivity index (χ1v) is 11.7. The molecule has 182 valence electrons. The maximum absolute atomic E-state index is 13.1. The Bertz CT molecular complexity index is 1610. The monoisotopic (exact) mass is 483 g/mol. The van der Waals surface area contributed by atoms with Gasteiger partial charge in [-0.15, -0.1) is 0 Å². The number of aromatic nitrogens is 6. The normalized spacial score (nSPS) is 17.6. The van der Waals surface area contributed by atoms with Crippen LogP contribution in [-0.2, 0) is 16.6 Å². The molecule has 1 unspecified atom stereocenters. The summed E-state index contributed by atoms with van der Waals surface area (Å²) in [6, 6.07) is 11.5. The van der Waals surface area contributed by atoms with Crippen LogP contribution in [0.1, 0.15) is 19.1 Å². The number of hydrogen-bond acceptors (Lipinski definition) is 8. The van der Waals surface area contributed by atoms with Crippen LogP contribution in [0, 0.1) is 0 Å². The Hall–Kier alpha value is -4.51. The van der Waals surface area contributed by atoms with Crippen LogP contribution in [0.5, 0.6) is 0 Å². The van der Waals surface area contributed by atoms with Crippen molar-refractivity contribution in [2.24, 2.45) is 7.05 Å². The Morgan fingerprint density at radius 3 is 2.83 bits per heavy atom. The Morgan fingerprint density at radius 1 is 1.17 bits per heavy atom. The van der Waals surface area contributed by atoms with Crippen LogP contribution in [0.25, 0.3) is 33.2 Å². The summed E-state index contributed by atoms with van der Waals surface area (Å²) in [7, 11) is 3.68. The molecule has 4 aromatic heterocycles. The van der Waals surface area contributed by atoms with Crippen LogP contribution in [0.2, 0.25) is 0 Å². The molecule has 5 heterocycles. The molecule has 1 aliphatic heterocycles. The molecule has 0 spiro atoms. The van der Waals surface area contributed by atoms with E-state index in [2.05, 4.69) is 30.7 Å². The van der Waals surface area contributed by atoms with E-state index in [1.807, 2.05) is 67.5 Å². The lowest BCUT2D eigenvalue weighted by molar-refractivity contribution is -0.128. The number of benzene rings is 1. The van der Waals surface area contributed by atoms with Gasteiger partial charge in [-0.3, -0.25) is 9.48 Å². The van der Waals surface area contributed by atoms with Crippen LogP contribution in [-0.4, -0.2) is 48.4 Å². The molecule has 2 atom stereocenters. The van der Waals surface area contributed by atoms with Crippen molar-refractivity contribution in [3.05, 3.63) is 55.1 Å². The second-order valence-corrected chi connectivity index (χ2v) is 8.78. The zero-order valence-corrected chi connectivity index (χ0v) is 19.8. The molecule has 4 N–H and O–H groups in total. The average molecular weight is 484 g/mol. The molecule has 1 aliphatic rings. The number of aryl methyl sites for hydroxylation is 1. The molecule has 1 aromatic carbocycles. The predicted octanol–water partition coefficient (Wildman–Crippen LogP) is 3.32. The SMILES string of the molecule is CNc1ccc2ccc(NC(=O)[C@@H]3CCC(n4cc(-c5ccn(C)n5)c5c(N)ncnc54)O3)cc2n1. The molecule has 11 heteroatoms. The van der Waals surface area contributed by atoms with Gasteiger partial charge >= 0.3 is 0 Å². The van der Waals surface area contributed by atoms with Crippen LogP contribution in [0.15, 0.2) is 55.1 Å². The van der Waals surface area contributed by atoms with Gasteiger partial charge in [-0.05, 0) is 43.2 Å². The van der Waals surface area contributed by atoms with Crippen molar-refractivity contribution in [1.29, 1.82) is 0 Å². The number of rotatable bonds is 5. The van der Waals surface area contributed by atoms with E-state index in [-0.39, 0.29) is 12.1 Å². The van der Waals surface area contributed by atoms with E-state index in [0.717, 1.165) is 33.4 Å². The maximum atomic E-state index is 13.1. The highest BCUT2D eigenvalue weighted by molar-refractivity contribution is 6.00. The Labute approximate surface area is 206 Å². The number of nitrogens with zero attached hydrogens (tertiary/aromatic N) is 6. The smallest absolute Gasteiger partial charge is 0.253 e. The average Bonchev–Trinajstić information content (AvgIpc) is 3.62. The third-order valence-corrected chi connectivity index (χ3v) is 6.44. The Kier molecular flexibility index (Phi) is 5.26. The summed E-state index contributed by atoms with van der Waals surface area (Å²) in [5.74, 6) is 0.941. The number of amides is 1. The van der Waals surface area contributed by atoms with Crippen LogP contribution in [0.3, 0.4) is 0 Å². The minimum atomic E-state index is -0.600. The highest BCUT2D eigenvalue weighted by Gasteiger charge is 2.33. The van der Waals surface area contributed by atoms with Crippen molar-refractivity contribution in [2.75, 3.05) is 23.4 Å². The highest BCUT2D eigenvalue weighted by atomic mass is 16.5. The number of pyridine rings is 1. The second-order valence-electron chi connectivity index (χ2n) is 8.78. The lowest BCUT2D eigenvalue weighted by Crippen LogP contribution is -2.27. The molecule has 36 heavy (non-hydrogen) atoms. The van der Waals surface area contributed by atoms with E-state index in [9.17, 15) is 4.79 Å². The van der Waals surface area contributed by atoms with Gasteiger partial charge in [0.25, 0.3) is 5.91 Å². The first kappa shape index (κ1) is 22.0. The standard InChI is InChI=1S/C25H25N9O2/c1-27-20-7-4-14-3-5-15(11-18(14)31-20)30-25(35)19-6-8-21(36-19)34-12-16(17-9-10-33(2)32-17)22-23(26)28-13-29-24(22)34/h3-5,7,9-13,19,21H,6,8H2,1-2H3,(H,27,31)(H,30,35)(H2,26,28,29)/t19-,21?/m0/s1. The molecule has 1 fully saturated rings. The molecule has 0 aliphatic carbocycles. The van der Waals surface area contributed by atoms with Crippen LogP contribution in [0.4, 0.5) is 17.3 Å². The van der Waals surface area contributed by atoms with Crippen molar-refractivity contribution < 1.29 is 9.53 Å². The summed E-state index contributed by atoms with van der Waals surface area (Å²) in [5.41, 5.74) is 9.92. The van der Waals surface area contributed by atoms with E-state index < -0.39 is 6.10 Å². The van der Waals surface area contributed by atoms with Crippen molar-refractivity contribution in [2.45, 2.75) is 25.2 Å². The largest absolute Gasteiger partial charge is 0.383 e. The fraction of sp³-hybridized carbons (Fsp3) is 0.240. The van der Waals surface area contributed by atoms with Gasteiger partial charge in [-0.25, -0.2) is 15.0 Å². The molecule has 1 saturated heterocycles. The van der Waals surface area contributed by atoms with Gasteiger partial charge < -0.3 is 25.7 Å². The topological polar surface area (TPSA) is 138 Å². The van der Waals surface area contributed by atoms with E-state index in [0.29, 0.717) is 30.0 Å². The van der Waals surface area contributed by atoms with Gasteiger partial charge in [0.15, 0.2) is 0 Å². The molecule has 5 aromatic rings. The van der Waals surface area contributed by atoms with Crippen molar-refractivity contribution >= 4 is 45.2 Å². The van der Waals surface area contributed by atoms with Crippen molar-refractivity contribution in [3.63, 3.8) is 0 Å². The number of nitrogen functional groups attached to an aromatic ring is 1. The number of carbonyl (C=O) groups is 1. The Balaban J connectivity index is 1.24. The number of ether oxygens (including phenoxy) is 1. The van der Waals surface area contributed by atoms with E-state index in [4.69, 9.17) is 10.5 Å². The number of fused-ring (bicyclic) bond motifs is 2. The third-order valence-electron chi connectivity index (χ3n) is 6.44. The molecule has 11 nitrogen and oxygen atoms in total. The lowest BCUT2D eigenvalue weighted by atomic mass is 10.2. The summed E-state index contributed by atoms with van der Waals surface area (Å²) in [6.07, 6.45) is 5.49. The maximum Gasteiger partial charge on any atom is 0.253 e. The van der Waals surface area contributed by atoms with Crippen molar-refractivity contribution in [3.8, 4) is 11.3 Å². The van der Waals surface area contributed by atoms with E-state index in [1.54, 1.807) is 4.68 Å². The van der Waals surface area contributed by atoms with Gasteiger partial charge in [0.1, 0.15) is 35.9 Å². The number of nitrogens with two attached hydrogens (primary N) is 1. The number of hydrogen-bond donors (Lipinski definition) is 3. The lowest BCUT2D eigenvalue weighted by Gasteiger charge is -2.16. The van der Waals surface area contributed by atoms with E-state index >= 15 is 0 Å². The van der Waals surface area contributed by atoms with Crippen molar-refractivity contribution in [1.82, 2.24) is 29.3 Å². The fourth-order valence-corrected chi connectivity index (χ4v) is 4.65. The summed E-state index contributed by atoms with van der Waals surface area (Å²) in [6.45, 7) is 0.